The minimum atomic E-state index is -4.51. The zero-order valence-electron chi connectivity index (χ0n) is 15.8. The topological polar surface area (TPSA) is 20.3 Å². The number of carbonyl (C=O) groups is 1. The second kappa shape index (κ2) is 7.71. The molecule has 0 fully saturated rings. The number of benzene rings is 2. The molecule has 3 aromatic rings. The Labute approximate surface area is 177 Å². The maximum atomic E-state index is 13.2. The summed E-state index contributed by atoms with van der Waals surface area (Å²) in [5.41, 5.74) is -0.243. The Morgan fingerprint density at radius 3 is 1.94 bits per heavy atom. The summed E-state index contributed by atoms with van der Waals surface area (Å²) < 4.78 is 77.3. The number of amides is 1. The molecule has 9 heteroatoms. The molecule has 1 atom stereocenters. The number of carbonyl (C=O) groups excluding carboxylic acids is 1. The Morgan fingerprint density at radius 2 is 1.39 bits per heavy atom. The number of thiophene rings is 1. The van der Waals surface area contributed by atoms with Crippen LogP contribution in [0, 0.1) is 0 Å². The van der Waals surface area contributed by atoms with Gasteiger partial charge in [0.1, 0.15) is 0 Å². The van der Waals surface area contributed by atoms with Gasteiger partial charge >= 0.3 is 12.4 Å². The molecule has 2 nitrogen and oxygen atoms in total. The van der Waals surface area contributed by atoms with Crippen LogP contribution in [0.5, 0.6) is 0 Å². The number of rotatable bonds is 2. The monoisotopic (exact) mass is 455 g/mol. The van der Waals surface area contributed by atoms with Gasteiger partial charge in [0.15, 0.2) is 0 Å². The number of nitrogens with zero attached hydrogens (tertiary/aromatic N) is 1. The highest BCUT2D eigenvalue weighted by molar-refractivity contribution is 7.10. The first-order chi connectivity index (χ1) is 14.6. The molecule has 31 heavy (non-hydrogen) atoms. The van der Waals surface area contributed by atoms with E-state index in [9.17, 15) is 31.1 Å². The van der Waals surface area contributed by atoms with E-state index in [1.165, 1.54) is 28.4 Å². The number of hydrogen-bond acceptors (Lipinski definition) is 2. The molecule has 0 spiro atoms. The largest absolute Gasteiger partial charge is 0.416 e. The van der Waals surface area contributed by atoms with Crippen molar-refractivity contribution in [2.45, 2.75) is 24.8 Å². The average Bonchev–Trinajstić information content (AvgIpc) is 3.20. The second-order valence-corrected chi connectivity index (χ2v) is 8.15. The van der Waals surface area contributed by atoms with Gasteiger partial charge in [-0.15, -0.1) is 11.3 Å². The van der Waals surface area contributed by atoms with Gasteiger partial charge in [-0.05, 0) is 65.4 Å². The van der Waals surface area contributed by atoms with Gasteiger partial charge in [-0.2, -0.15) is 26.3 Å². The van der Waals surface area contributed by atoms with Crippen LogP contribution >= 0.6 is 11.3 Å². The highest BCUT2D eigenvalue weighted by Crippen LogP contribution is 2.40. The SMILES string of the molecule is O=C(c1ccc(C(F)(F)F)cc1)N1CCc2sccc2C1c1ccc(C(F)(F)F)cc1. The van der Waals surface area contributed by atoms with Crippen LogP contribution in [0.15, 0.2) is 60.0 Å². The Kier molecular flexibility index (Phi) is 5.33. The van der Waals surface area contributed by atoms with Crippen LogP contribution in [-0.4, -0.2) is 17.4 Å². The van der Waals surface area contributed by atoms with Crippen molar-refractivity contribution in [2.24, 2.45) is 0 Å². The first-order valence-corrected chi connectivity index (χ1v) is 10.2. The van der Waals surface area contributed by atoms with Gasteiger partial charge in [0.25, 0.3) is 5.91 Å². The van der Waals surface area contributed by atoms with E-state index in [2.05, 4.69) is 0 Å². The van der Waals surface area contributed by atoms with Crippen molar-refractivity contribution < 1.29 is 31.1 Å². The molecule has 1 aliphatic heterocycles. The third kappa shape index (κ3) is 4.19. The highest BCUT2D eigenvalue weighted by Gasteiger charge is 2.36. The van der Waals surface area contributed by atoms with Crippen LogP contribution < -0.4 is 0 Å². The number of fused-ring (bicyclic) bond motifs is 1. The quantitative estimate of drug-likeness (QED) is 0.400. The minimum absolute atomic E-state index is 0.0867. The third-order valence-corrected chi connectivity index (χ3v) is 6.24. The zero-order chi connectivity index (χ0) is 22.4. The molecule has 2 heterocycles. The molecule has 1 unspecified atom stereocenters. The number of alkyl halides is 6. The van der Waals surface area contributed by atoms with E-state index >= 15 is 0 Å². The first-order valence-electron chi connectivity index (χ1n) is 9.27. The summed E-state index contributed by atoms with van der Waals surface area (Å²) in [6.45, 7) is 0.305. The van der Waals surface area contributed by atoms with Crippen LogP contribution in [0.3, 0.4) is 0 Å². The van der Waals surface area contributed by atoms with Crippen molar-refractivity contribution in [2.75, 3.05) is 6.54 Å². The molecular formula is C22H15F6NOS. The Balaban J connectivity index is 1.70. The lowest BCUT2D eigenvalue weighted by Crippen LogP contribution is -2.40. The summed E-state index contributed by atoms with van der Waals surface area (Å²) in [6, 6.07) is 9.77. The van der Waals surface area contributed by atoms with Gasteiger partial charge in [0.05, 0.1) is 17.2 Å². The molecule has 2 aromatic carbocycles. The maximum Gasteiger partial charge on any atom is 0.416 e. The van der Waals surface area contributed by atoms with Gasteiger partial charge in [-0.3, -0.25) is 4.79 Å². The van der Waals surface area contributed by atoms with E-state index in [-0.39, 0.29) is 5.56 Å². The Hall–Kier alpha value is -2.81. The molecule has 1 amide bonds. The van der Waals surface area contributed by atoms with Gasteiger partial charge in [-0.1, -0.05) is 12.1 Å². The average molecular weight is 455 g/mol. The summed E-state index contributed by atoms with van der Waals surface area (Å²) >= 11 is 1.50. The number of halogens is 6. The molecule has 1 aromatic heterocycles. The minimum Gasteiger partial charge on any atom is -0.327 e. The van der Waals surface area contributed by atoms with Crippen molar-refractivity contribution in [3.05, 3.63) is 92.7 Å². The van der Waals surface area contributed by atoms with Crippen molar-refractivity contribution in [1.82, 2.24) is 4.90 Å². The zero-order valence-corrected chi connectivity index (χ0v) is 16.6. The lowest BCUT2D eigenvalue weighted by Gasteiger charge is -2.36. The van der Waals surface area contributed by atoms with Crippen LogP contribution in [0.2, 0.25) is 0 Å². The molecule has 0 aliphatic carbocycles. The van der Waals surface area contributed by atoms with Crippen molar-refractivity contribution in [3.63, 3.8) is 0 Å². The van der Waals surface area contributed by atoms with E-state index in [1.807, 2.05) is 11.4 Å². The van der Waals surface area contributed by atoms with Gasteiger partial charge in [0, 0.05) is 17.0 Å². The van der Waals surface area contributed by atoms with Gasteiger partial charge < -0.3 is 4.90 Å². The molecule has 1 aliphatic rings. The summed E-state index contributed by atoms with van der Waals surface area (Å²) in [5.74, 6) is -0.476. The fourth-order valence-corrected chi connectivity index (χ4v) is 4.62. The van der Waals surface area contributed by atoms with E-state index in [0.717, 1.165) is 46.8 Å². The Bertz CT molecular complexity index is 1080. The fraction of sp³-hybridized carbons (Fsp3) is 0.227. The van der Waals surface area contributed by atoms with Crippen molar-refractivity contribution >= 4 is 17.2 Å². The van der Waals surface area contributed by atoms with E-state index in [4.69, 9.17) is 0 Å². The summed E-state index contributed by atoms with van der Waals surface area (Å²) in [7, 11) is 0. The molecule has 162 valence electrons. The smallest absolute Gasteiger partial charge is 0.327 e. The summed E-state index contributed by atoms with van der Waals surface area (Å²) in [6.07, 6.45) is -8.42. The predicted octanol–water partition coefficient (Wildman–Crippen LogP) is 6.57. The van der Waals surface area contributed by atoms with Crippen LogP contribution in [0.1, 0.15) is 43.5 Å². The lowest BCUT2D eigenvalue weighted by molar-refractivity contribution is -0.138. The molecule has 0 N–H and O–H groups in total. The van der Waals surface area contributed by atoms with Crippen LogP contribution in [0.25, 0.3) is 0 Å². The first kappa shape index (κ1) is 21.4. The third-order valence-electron chi connectivity index (χ3n) is 5.24. The molecule has 0 radical (unpaired) electrons. The predicted molar refractivity (Wildman–Crippen MR) is 104 cm³/mol. The van der Waals surface area contributed by atoms with Gasteiger partial charge in [0.2, 0.25) is 0 Å². The lowest BCUT2D eigenvalue weighted by atomic mass is 9.92. The molecule has 0 saturated heterocycles. The molecule has 0 saturated carbocycles. The van der Waals surface area contributed by atoms with Crippen LogP contribution in [-0.2, 0) is 18.8 Å². The summed E-state index contributed by atoms with van der Waals surface area (Å²) in [5, 5.41) is 1.86. The molecule has 4 rings (SSSR count). The highest BCUT2D eigenvalue weighted by atomic mass is 32.1. The van der Waals surface area contributed by atoms with Gasteiger partial charge in [-0.25, -0.2) is 0 Å². The van der Waals surface area contributed by atoms with Crippen molar-refractivity contribution in [1.29, 1.82) is 0 Å². The Morgan fingerprint density at radius 1 is 0.839 bits per heavy atom. The molecular weight excluding hydrogens is 440 g/mol. The number of hydrogen-bond donors (Lipinski definition) is 0. The second-order valence-electron chi connectivity index (χ2n) is 7.15. The van der Waals surface area contributed by atoms with E-state index in [1.54, 1.807) is 0 Å². The fourth-order valence-electron chi connectivity index (χ4n) is 3.72. The maximum absolute atomic E-state index is 13.2. The molecule has 0 bridgehead atoms. The van der Waals surface area contributed by atoms with E-state index < -0.39 is 35.4 Å². The van der Waals surface area contributed by atoms with Crippen LogP contribution in [0.4, 0.5) is 26.3 Å². The van der Waals surface area contributed by atoms with Crippen molar-refractivity contribution in [3.8, 4) is 0 Å². The normalized spacial score (nSPS) is 16.8. The summed E-state index contributed by atoms with van der Waals surface area (Å²) in [4.78, 5) is 15.7. The standard InChI is InChI=1S/C22H15F6NOS/c23-21(24,25)15-5-1-13(2-6-15)19-17-10-12-31-18(17)9-11-29(19)20(30)14-3-7-16(8-4-14)22(26,27)28/h1-8,10,12,19H,9,11H2. The van der Waals surface area contributed by atoms with E-state index in [0.29, 0.717) is 18.5 Å².